The molecule has 0 amide bonds. The van der Waals surface area contributed by atoms with Gasteiger partial charge in [0.2, 0.25) is 0 Å². The van der Waals surface area contributed by atoms with Crippen molar-refractivity contribution in [3.8, 4) is 0 Å². The van der Waals surface area contributed by atoms with Gasteiger partial charge in [0.05, 0.1) is 5.60 Å². The summed E-state index contributed by atoms with van der Waals surface area (Å²) in [7, 11) is 0. The Labute approximate surface area is 163 Å². The number of hydrogen-bond donors (Lipinski definition) is 2. The lowest BCUT2D eigenvalue weighted by Gasteiger charge is -2.22. The molecule has 2 rings (SSSR count). The lowest BCUT2D eigenvalue weighted by Crippen LogP contribution is -2.22. The van der Waals surface area contributed by atoms with Crippen molar-refractivity contribution in [2.24, 2.45) is 17.8 Å². The molecule has 2 aliphatic rings. The number of carbonyl (C=O) groups is 2. The van der Waals surface area contributed by atoms with Crippen molar-refractivity contribution in [3.05, 3.63) is 24.3 Å². The van der Waals surface area contributed by atoms with Crippen LogP contribution in [0, 0.1) is 17.8 Å². The molecule has 0 radical (unpaired) electrons. The van der Waals surface area contributed by atoms with Gasteiger partial charge >= 0.3 is 5.97 Å². The lowest BCUT2D eigenvalue weighted by atomic mass is 9.88. The number of unbranched alkanes of at least 4 members (excludes halogenated alkanes) is 1. The maximum absolute atomic E-state index is 12.2. The smallest absolute Gasteiger partial charge is 0.303 e. The van der Waals surface area contributed by atoms with Gasteiger partial charge in [-0.05, 0) is 57.3 Å². The fourth-order valence-electron chi connectivity index (χ4n) is 4.41. The second kappa shape index (κ2) is 10.8. The molecule has 0 aromatic heterocycles. The molecule has 0 aromatic rings. The van der Waals surface area contributed by atoms with Crippen molar-refractivity contribution in [1.29, 1.82) is 0 Å². The van der Waals surface area contributed by atoms with Gasteiger partial charge in [-0.25, -0.2) is 0 Å². The maximum Gasteiger partial charge on any atom is 0.303 e. The van der Waals surface area contributed by atoms with Crippen molar-refractivity contribution in [2.45, 2.75) is 89.6 Å². The van der Waals surface area contributed by atoms with Crippen molar-refractivity contribution in [3.63, 3.8) is 0 Å². The van der Waals surface area contributed by atoms with Crippen LogP contribution in [0.3, 0.4) is 0 Å². The molecule has 2 fully saturated rings. The third-order valence-electron chi connectivity index (χ3n) is 6.21. The molecule has 0 saturated heterocycles. The zero-order valence-corrected chi connectivity index (χ0v) is 16.7. The maximum atomic E-state index is 12.2. The summed E-state index contributed by atoms with van der Waals surface area (Å²) in [6.07, 6.45) is 18.9. The van der Waals surface area contributed by atoms with Gasteiger partial charge < -0.3 is 10.2 Å². The molecular weight excluding hydrogens is 340 g/mol. The summed E-state index contributed by atoms with van der Waals surface area (Å²) in [5.74, 6) is 0.531. The molecule has 27 heavy (non-hydrogen) atoms. The number of carboxylic acid groups (broad SMARTS) is 1. The van der Waals surface area contributed by atoms with Gasteiger partial charge in [0, 0.05) is 18.8 Å². The van der Waals surface area contributed by atoms with E-state index in [4.69, 9.17) is 5.11 Å². The summed E-state index contributed by atoms with van der Waals surface area (Å²) in [5, 5.41) is 19.3. The molecule has 152 valence electrons. The van der Waals surface area contributed by atoms with Crippen LogP contribution in [0.4, 0.5) is 0 Å². The average molecular weight is 377 g/mol. The molecule has 0 aromatic carbocycles. The van der Waals surface area contributed by atoms with Crippen molar-refractivity contribution in [1.82, 2.24) is 0 Å². The Balaban J connectivity index is 1.78. The molecule has 4 heteroatoms. The first-order valence-electron chi connectivity index (χ1n) is 10.7. The summed E-state index contributed by atoms with van der Waals surface area (Å²) in [6, 6.07) is 0. The quantitative estimate of drug-likeness (QED) is 0.390. The number of aliphatic carboxylic acids is 1. The van der Waals surface area contributed by atoms with Crippen LogP contribution in [0.5, 0.6) is 0 Å². The number of ketones is 1. The van der Waals surface area contributed by atoms with E-state index in [9.17, 15) is 14.7 Å². The minimum absolute atomic E-state index is 0.00241. The Morgan fingerprint density at radius 2 is 1.96 bits per heavy atom. The van der Waals surface area contributed by atoms with Crippen LogP contribution < -0.4 is 0 Å². The van der Waals surface area contributed by atoms with Gasteiger partial charge in [-0.3, -0.25) is 9.59 Å². The molecule has 2 saturated carbocycles. The standard InChI is InChI=1S/C23H36O4/c1-23(27,16-14-18-8-6-7-9-18)17-15-19-12-13-21(24)20(19)10-4-2-3-5-11-22(25)26/h2,4,15,17-20,27H,3,5-14,16H2,1H3,(H,25,26)/b4-2-,17-15+/t19-,20-,23?/m1/s1. The molecule has 4 nitrogen and oxygen atoms in total. The number of carboxylic acids is 1. The second-order valence-electron chi connectivity index (χ2n) is 8.67. The van der Waals surface area contributed by atoms with Gasteiger partial charge in [0.25, 0.3) is 0 Å². The van der Waals surface area contributed by atoms with E-state index in [1.807, 2.05) is 25.2 Å². The SMILES string of the molecule is CC(O)(/C=C/[C@H]1CCC(=O)[C@@H]1C/C=C\CCCC(=O)O)CCC1CCCC1. The van der Waals surface area contributed by atoms with E-state index in [-0.39, 0.29) is 18.3 Å². The van der Waals surface area contributed by atoms with E-state index in [1.165, 1.54) is 25.7 Å². The van der Waals surface area contributed by atoms with E-state index in [2.05, 4.69) is 6.08 Å². The monoisotopic (exact) mass is 376 g/mol. The Morgan fingerprint density at radius 3 is 2.67 bits per heavy atom. The van der Waals surface area contributed by atoms with Crippen LogP contribution >= 0.6 is 0 Å². The number of hydrogen-bond acceptors (Lipinski definition) is 3. The van der Waals surface area contributed by atoms with E-state index >= 15 is 0 Å². The molecule has 2 N–H and O–H groups in total. The average Bonchev–Trinajstić information content (AvgIpc) is 3.25. The van der Waals surface area contributed by atoms with Gasteiger partial charge in [-0.1, -0.05) is 50.0 Å². The molecule has 1 unspecified atom stereocenters. The van der Waals surface area contributed by atoms with Crippen LogP contribution in [0.25, 0.3) is 0 Å². The number of rotatable bonds is 11. The first kappa shape index (κ1) is 21.9. The summed E-state index contributed by atoms with van der Waals surface area (Å²) in [4.78, 5) is 22.7. The van der Waals surface area contributed by atoms with Crippen LogP contribution in [0.1, 0.15) is 84.0 Å². The highest BCUT2D eigenvalue weighted by Gasteiger charge is 2.32. The third-order valence-corrected chi connectivity index (χ3v) is 6.21. The predicted octanol–water partition coefficient (Wildman–Crippen LogP) is 5.06. The van der Waals surface area contributed by atoms with E-state index in [0.717, 1.165) is 31.6 Å². The van der Waals surface area contributed by atoms with Gasteiger partial charge in [-0.2, -0.15) is 0 Å². The molecule has 0 spiro atoms. The first-order valence-corrected chi connectivity index (χ1v) is 10.7. The molecular formula is C23H36O4. The summed E-state index contributed by atoms with van der Waals surface area (Å²) in [5.41, 5.74) is -0.786. The fourth-order valence-corrected chi connectivity index (χ4v) is 4.41. The molecule has 0 bridgehead atoms. The highest BCUT2D eigenvalue weighted by molar-refractivity contribution is 5.83. The summed E-state index contributed by atoms with van der Waals surface area (Å²) < 4.78 is 0. The van der Waals surface area contributed by atoms with Crippen LogP contribution in [-0.4, -0.2) is 27.6 Å². The zero-order valence-electron chi connectivity index (χ0n) is 16.7. The van der Waals surface area contributed by atoms with Gasteiger partial charge in [0.1, 0.15) is 5.78 Å². The molecule has 3 atom stereocenters. The largest absolute Gasteiger partial charge is 0.481 e. The van der Waals surface area contributed by atoms with Gasteiger partial charge in [0.15, 0.2) is 0 Å². The van der Waals surface area contributed by atoms with E-state index in [1.54, 1.807) is 0 Å². The Hall–Kier alpha value is -1.42. The fraction of sp³-hybridized carbons (Fsp3) is 0.739. The Morgan fingerprint density at radius 1 is 1.22 bits per heavy atom. The predicted molar refractivity (Wildman–Crippen MR) is 107 cm³/mol. The van der Waals surface area contributed by atoms with Crippen molar-refractivity contribution >= 4 is 11.8 Å². The molecule has 2 aliphatic carbocycles. The summed E-state index contributed by atoms with van der Waals surface area (Å²) in [6.45, 7) is 1.88. The number of allylic oxidation sites excluding steroid dienone is 3. The minimum Gasteiger partial charge on any atom is -0.481 e. The highest BCUT2D eigenvalue weighted by atomic mass is 16.4. The highest BCUT2D eigenvalue weighted by Crippen LogP contribution is 2.34. The molecule has 0 aliphatic heterocycles. The van der Waals surface area contributed by atoms with Crippen LogP contribution in [0.2, 0.25) is 0 Å². The Bertz CT molecular complexity index is 541. The number of aliphatic hydroxyl groups is 1. The third kappa shape index (κ3) is 8.00. The number of Topliss-reactive ketones (excluding diaryl/α,β-unsaturated/α-hetero) is 1. The molecule has 0 heterocycles. The van der Waals surface area contributed by atoms with E-state index < -0.39 is 11.6 Å². The zero-order chi connectivity index (χ0) is 19.7. The topological polar surface area (TPSA) is 74.6 Å². The second-order valence-corrected chi connectivity index (χ2v) is 8.67. The minimum atomic E-state index is -0.786. The van der Waals surface area contributed by atoms with Crippen LogP contribution in [0.15, 0.2) is 24.3 Å². The lowest BCUT2D eigenvalue weighted by molar-refractivity contribution is -0.137. The van der Waals surface area contributed by atoms with E-state index in [0.29, 0.717) is 25.0 Å². The van der Waals surface area contributed by atoms with Gasteiger partial charge in [-0.15, -0.1) is 0 Å². The first-order chi connectivity index (χ1) is 12.9. The van der Waals surface area contributed by atoms with Crippen LogP contribution in [-0.2, 0) is 9.59 Å². The van der Waals surface area contributed by atoms with Crippen molar-refractivity contribution < 1.29 is 19.8 Å². The normalized spacial score (nSPS) is 26.4. The van der Waals surface area contributed by atoms with Crippen molar-refractivity contribution in [2.75, 3.05) is 0 Å². The Kier molecular flexibility index (Phi) is 8.75. The number of carbonyl (C=O) groups excluding carboxylic acids is 1. The summed E-state index contributed by atoms with van der Waals surface area (Å²) >= 11 is 0.